The summed E-state index contributed by atoms with van der Waals surface area (Å²) in [6.07, 6.45) is 0.353. The minimum absolute atomic E-state index is 0.0731. The molecule has 18 heavy (non-hydrogen) atoms. The largest absolute Gasteiger partial charge is 0.396 e. The lowest BCUT2D eigenvalue weighted by molar-refractivity contribution is -0.119. The second kappa shape index (κ2) is 6.91. The molecule has 1 aromatic carbocycles. The number of nitrogens with one attached hydrogen (secondary N) is 1. The Morgan fingerprint density at radius 2 is 1.94 bits per heavy atom. The van der Waals surface area contributed by atoms with Crippen molar-refractivity contribution in [2.75, 3.05) is 6.61 Å². The Morgan fingerprint density at radius 1 is 1.33 bits per heavy atom. The maximum absolute atomic E-state index is 13.4. The maximum atomic E-state index is 13.4. The van der Waals surface area contributed by atoms with Crippen LogP contribution in [0.1, 0.15) is 31.9 Å². The van der Waals surface area contributed by atoms with Crippen LogP contribution in [0, 0.1) is 0 Å². The number of rotatable bonds is 5. The van der Waals surface area contributed by atoms with Gasteiger partial charge < -0.3 is 10.4 Å². The summed E-state index contributed by atoms with van der Waals surface area (Å²) in [6, 6.07) is 8.82. The van der Waals surface area contributed by atoms with Crippen molar-refractivity contribution in [1.29, 1.82) is 0 Å². The molecule has 1 atom stereocenters. The first kappa shape index (κ1) is 14.4. The van der Waals surface area contributed by atoms with Gasteiger partial charge in [-0.2, -0.15) is 0 Å². The highest BCUT2D eigenvalue weighted by Crippen LogP contribution is 2.17. The third kappa shape index (κ3) is 3.96. The van der Waals surface area contributed by atoms with Crippen LogP contribution in [0.25, 0.3) is 0 Å². The highest BCUT2D eigenvalue weighted by atomic mass is 19.1. The number of allylic oxidation sites excluding steroid dienone is 1. The van der Waals surface area contributed by atoms with Gasteiger partial charge >= 0.3 is 0 Å². The van der Waals surface area contributed by atoms with Crippen molar-refractivity contribution in [2.24, 2.45) is 0 Å². The summed E-state index contributed by atoms with van der Waals surface area (Å²) in [4.78, 5) is 11.6. The standard InChI is InChI=1S/C14H18FNO2/c1-10(2)13(15)14(18)16-12(8-9-17)11-6-4-3-5-7-11/h3-7,12,17H,8-9H2,1-2H3,(H,16,18). The number of aliphatic hydroxyl groups is 1. The van der Waals surface area contributed by atoms with Crippen LogP contribution in [0.15, 0.2) is 41.7 Å². The van der Waals surface area contributed by atoms with Gasteiger partial charge in [-0.05, 0) is 31.4 Å². The fourth-order valence-corrected chi connectivity index (χ4v) is 1.59. The van der Waals surface area contributed by atoms with Crippen molar-refractivity contribution in [3.63, 3.8) is 0 Å². The monoisotopic (exact) mass is 251 g/mol. The summed E-state index contributed by atoms with van der Waals surface area (Å²) in [5, 5.41) is 11.6. The molecular formula is C14H18FNO2. The summed E-state index contributed by atoms with van der Waals surface area (Å²) >= 11 is 0. The molecule has 0 fully saturated rings. The molecule has 0 aromatic heterocycles. The lowest BCUT2D eigenvalue weighted by atomic mass is 10.0. The fourth-order valence-electron chi connectivity index (χ4n) is 1.59. The first-order valence-electron chi connectivity index (χ1n) is 5.86. The van der Waals surface area contributed by atoms with E-state index in [1.807, 2.05) is 30.3 Å². The minimum Gasteiger partial charge on any atom is -0.396 e. The molecule has 0 bridgehead atoms. The maximum Gasteiger partial charge on any atom is 0.280 e. The van der Waals surface area contributed by atoms with Gasteiger partial charge in [0, 0.05) is 6.61 Å². The topological polar surface area (TPSA) is 49.3 Å². The summed E-state index contributed by atoms with van der Waals surface area (Å²) in [5.41, 5.74) is 1.18. The SMILES string of the molecule is CC(C)=C(F)C(=O)NC(CCO)c1ccccc1. The molecule has 0 aliphatic carbocycles. The predicted molar refractivity (Wildman–Crippen MR) is 68.5 cm³/mol. The van der Waals surface area contributed by atoms with Gasteiger partial charge in [0.2, 0.25) is 0 Å². The Balaban J connectivity index is 2.82. The smallest absolute Gasteiger partial charge is 0.280 e. The first-order chi connectivity index (χ1) is 8.56. The predicted octanol–water partition coefficient (Wildman–Crippen LogP) is 2.49. The molecule has 2 N–H and O–H groups in total. The van der Waals surface area contributed by atoms with E-state index in [4.69, 9.17) is 5.11 Å². The average molecular weight is 251 g/mol. The number of halogens is 1. The van der Waals surface area contributed by atoms with Crippen molar-refractivity contribution in [3.8, 4) is 0 Å². The second-order valence-corrected chi connectivity index (χ2v) is 4.26. The van der Waals surface area contributed by atoms with Gasteiger partial charge in [-0.25, -0.2) is 4.39 Å². The first-order valence-corrected chi connectivity index (χ1v) is 5.86. The van der Waals surface area contributed by atoms with E-state index < -0.39 is 11.7 Å². The highest BCUT2D eigenvalue weighted by Gasteiger charge is 2.17. The molecule has 0 spiro atoms. The highest BCUT2D eigenvalue weighted by molar-refractivity contribution is 5.92. The van der Waals surface area contributed by atoms with Gasteiger partial charge in [0.25, 0.3) is 5.91 Å². The molecule has 0 saturated heterocycles. The van der Waals surface area contributed by atoms with Crippen LogP contribution in [0.4, 0.5) is 4.39 Å². The van der Waals surface area contributed by atoms with E-state index in [0.29, 0.717) is 12.0 Å². The van der Waals surface area contributed by atoms with Gasteiger partial charge in [-0.3, -0.25) is 4.79 Å². The molecule has 1 amide bonds. The molecule has 4 heteroatoms. The lowest BCUT2D eigenvalue weighted by Gasteiger charge is -2.18. The van der Waals surface area contributed by atoms with Crippen LogP contribution in [0.5, 0.6) is 0 Å². The summed E-state index contributed by atoms with van der Waals surface area (Å²) in [6.45, 7) is 3.01. The normalized spacial score (nSPS) is 11.8. The number of carbonyl (C=O) groups excluding carboxylic acids is 1. The van der Waals surface area contributed by atoms with Gasteiger partial charge in [0.1, 0.15) is 0 Å². The second-order valence-electron chi connectivity index (χ2n) is 4.26. The molecular weight excluding hydrogens is 233 g/mol. The Labute approximate surface area is 106 Å². The molecule has 0 aliphatic heterocycles. The Kier molecular flexibility index (Phi) is 5.52. The van der Waals surface area contributed by atoms with Crippen molar-refractivity contribution < 1.29 is 14.3 Å². The molecule has 1 aromatic rings. The van der Waals surface area contributed by atoms with Crippen LogP contribution in [0.3, 0.4) is 0 Å². The third-order valence-electron chi connectivity index (χ3n) is 2.56. The molecule has 0 aliphatic rings. The molecule has 1 unspecified atom stereocenters. The van der Waals surface area contributed by atoms with E-state index in [-0.39, 0.29) is 12.6 Å². The molecule has 98 valence electrons. The minimum atomic E-state index is -0.770. The van der Waals surface area contributed by atoms with Crippen LogP contribution in [0.2, 0.25) is 0 Å². The van der Waals surface area contributed by atoms with Gasteiger partial charge in [-0.15, -0.1) is 0 Å². The third-order valence-corrected chi connectivity index (χ3v) is 2.56. The average Bonchev–Trinajstić information content (AvgIpc) is 2.38. The summed E-state index contributed by atoms with van der Waals surface area (Å²) in [7, 11) is 0. The van der Waals surface area contributed by atoms with Crippen LogP contribution in [-0.4, -0.2) is 17.6 Å². The van der Waals surface area contributed by atoms with Gasteiger partial charge in [0.05, 0.1) is 6.04 Å². The summed E-state index contributed by atoms with van der Waals surface area (Å²) < 4.78 is 13.4. The van der Waals surface area contributed by atoms with E-state index in [2.05, 4.69) is 5.32 Å². The molecule has 0 saturated carbocycles. The molecule has 1 rings (SSSR count). The van der Waals surface area contributed by atoms with E-state index in [1.165, 1.54) is 0 Å². The van der Waals surface area contributed by atoms with Crippen LogP contribution >= 0.6 is 0 Å². The number of hydrogen-bond acceptors (Lipinski definition) is 2. The van der Waals surface area contributed by atoms with Crippen molar-refractivity contribution in [1.82, 2.24) is 5.32 Å². The number of amides is 1. The number of hydrogen-bond donors (Lipinski definition) is 2. The zero-order valence-corrected chi connectivity index (χ0v) is 10.6. The van der Waals surface area contributed by atoms with Gasteiger partial charge in [0.15, 0.2) is 5.83 Å². The van der Waals surface area contributed by atoms with E-state index >= 15 is 0 Å². The Bertz CT molecular complexity index is 425. The number of carbonyl (C=O) groups is 1. The Hall–Kier alpha value is -1.68. The molecule has 0 radical (unpaired) electrons. The van der Waals surface area contributed by atoms with Crippen LogP contribution < -0.4 is 5.32 Å². The molecule has 3 nitrogen and oxygen atoms in total. The Morgan fingerprint density at radius 3 is 2.44 bits per heavy atom. The summed E-state index contributed by atoms with van der Waals surface area (Å²) in [5.74, 6) is -1.51. The number of aliphatic hydroxyl groups excluding tert-OH is 1. The van der Waals surface area contributed by atoms with E-state index in [9.17, 15) is 9.18 Å². The van der Waals surface area contributed by atoms with Crippen molar-refractivity contribution >= 4 is 5.91 Å². The van der Waals surface area contributed by atoms with Crippen LogP contribution in [-0.2, 0) is 4.79 Å². The number of benzene rings is 1. The quantitative estimate of drug-likeness (QED) is 0.790. The van der Waals surface area contributed by atoms with E-state index in [0.717, 1.165) is 5.56 Å². The van der Waals surface area contributed by atoms with Gasteiger partial charge in [-0.1, -0.05) is 30.3 Å². The van der Waals surface area contributed by atoms with Crippen molar-refractivity contribution in [3.05, 3.63) is 47.3 Å². The molecule has 0 heterocycles. The van der Waals surface area contributed by atoms with E-state index in [1.54, 1.807) is 13.8 Å². The van der Waals surface area contributed by atoms with Crippen molar-refractivity contribution in [2.45, 2.75) is 26.3 Å². The fraction of sp³-hybridized carbons (Fsp3) is 0.357. The lowest BCUT2D eigenvalue weighted by Crippen LogP contribution is -2.29. The zero-order chi connectivity index (χ0) is 13.5. The zero-order valence-electron chi connectivity index (χ0n) is 10.6.